The van der Waals surface area contributed by atoms with Crippen LogP contribution in [-0.4, -0.2) is 31.0 Å². The number of ketones is 1. The van der Waals surface area contributed by atoms with Crippen LogP contribution in [0, 0.1) is 51.7 Å². The van der Waals surface area contributed by atoms with Gasteiger partial charge in [0.2, 0.25) is 0 Å². The van der Waals surface area contributed by atoms with Gasteiger partial charge in [-0.05, 0) is 0 Å². The number of methoxy groups -OCH3 is 1. The molecule has 0 aromatic carbocycles. The molecule has 1 rings (SSSR count). The van der Waals surface area contributed by atoms with Crippen LogP contribution < -0.4 is 0 Å². The fourth-order valence-corrected chi connectivity index (χ4v) is 1.71. The number of carbonyl (C=O) groups is 1. The zero-order valence-corrected chi connectivity index (χ0v) is 19.4. The number of carbonyl (C=O) groups excluding carboxylic acids is 2. The molecule has 12 heteroatoms. The first-order valence-corrected chi connectivity index (χ1v) is 7.41. The normalized spacial score (nSPS) is 16.0. The van der Waals surface area contributed by atoms with Crippen LogP contribution in [0.2, 0.25) is 0 Å². The second kappa shape index (κ2) is 70.6. The molecule has 0 spiro atoms. The van der Waals surface area contributed by atoms with Gasteiger partial charge in [-0.3, -0.25) is 11.1 Å². The van der Waals surface area contributed by atoms with Gasteiger partial charge in [0.05, 0.1) is 0 Å². The molecule has 0 heterocycles. The monoisotopic (exact) mass is 524 g/mol. The molecule has 3 atom stereocenters. The van der Waals surface area contributed by atoms with Crippen LogP contribution >= 0.6 is 0 Å². The molecular formula is C18H20Fe2O9S-2. The number of hydrogen-bond acceptors (Lipinski definition) is 4. The molecule has 170 valence electrons. The molecule has 0 amide bonds. The van der Waals surface area contributed by atoms with Crippen molar-refractivity contribution >= 4 is 24.7 Å². The topological polar surface area (TPSA) is 163 Å². The number of rotatable bonds is 3. The van der Waals surface area contributed by atoms with E-state index in [2.05, 4.69) is 59.5 Å². The Morgan fingerprint density at radius 3 is 1.43 bits per heavy atom. The van der Waals surface area contributed by atoms with Crippen LogP contribution in [0.4, 0.5) is 0 Å². The molecule has 0 bridgehead atoms. The second-order valence-electron chi connectivity index (χ2n) is 4.05. The van der Waals surface area contributed by atoms with Crippen LogP contribution in [0.15, 0.2) is 0 Å². The minimum absolute atomic E-state index is 0. The Balaban J connectivity index is -0.0000000299. The van der Waals surface area contributed by atoms with Crippen molar-refractivity contribution in [2.45, 2.75) is 39.2 Å². The average molecular weight is 524 g/mol. The molecule has 1 saturated carbocycles. The molecule has 0 N–H and O–H groups in total. The Hall–Kier alpha value is -0.871. The van der Waals surface area contributed by atoms with E-state index >= 15 is 0 Å². The van der Waals surface area contributed by atoms with E-state index in [1.807, 2.05) is 13.2 Å². The van der Waals surface area contributed by atoms with Gasteiger partial charge in [0, 0.05) is 60.2 Å². The summed E-state index contributed by atoms with van der Waals surface area (Å²) < 4.78 is 50.1. The van der Waals surface area contributed by atoms with Crippen molar-refractivity contribution in [2.24, 2.45) is 11.8 Å². The summed E-state index contributed by atoms with van der Waals surface area (Å²) in [6.07, 6.45) is 3.68. The molecule has 0 saturated heterocycles. The van der Waals surface area contributed by atoms with E-state index < -0.39 is 0 Å². The van der Waals surface area contributed by atoms with Gasteiger partial charge in [0.15, 0.2) is 0 Å². The van der Waals surface area contributed by atoms with Crippen LogP contribution in [-0.2, 0) is 89.0 Å². The summed E-state index contributed by atoms with van der Waals surface area (Å²) in [6.45, 7) is 31.0. The smallest absolute Gasteiger partial charge is 0 e. The summed E-state index contributed by atoms with van der Waals surface area (Å²) in [5, 5.41) is 0. The molecule has 0 unspecified atom stereocenters. The van der Waals surface area contributed by atoms with Gasteiger partial charge in [-0.15, -0.1) is 5.92 Å². The van der Waals surface area contributed by atoms with Crippen molar-refractivity contribution in [2.75, 3.05) is 12.9 Å². The van der Waals surface area contributed by atoms with Gasteiger partial charge >= 0.3 is 67.8 Å². The van der Waals surface area contributed by atoms with Gasteiger partial charge in [-0.25, -0.2) is 0 Å². The summed E-state index contributed by atoms with van der Waals surface area (Å²) in [5.41, 5.74) is 0. The average Bonchev–Trinajstić information content (AvgIpc) is 2.81. The number of Topliss-reactive ketones (excluding diaryl/α,β-unsaturated/α-hetero) is 1. The summed E-state index contributed by atoms with van der Waals surface area (Å²) in [7, 11) is 1.53. The summed E-state index contributed by atoms with van der Waals surface area (Å²) in [5.74, 6) is 0.933. The third-order valence-corrected chi connectivity index (χ3v) is 3.04. The molecule has 0 radical (unpaired) electrons. The molecule has 1 aliphatic rings. The van der Waals surface area contributed by atoms with Crippen molar-refractivity contribution in [3.8, 4) is 0 Å². The summed E-state index contributed by atoms with van der Waals surface area (Å²) in [4.78, 5) is 21.6. The first-order valence-electron chi connectivity index (χ1n) is 6.83. The fraction of sp³-hybridized carbons (Fsp3) is 0.556. The second-order valence-corrected chi connectivity index (χ2v) is 4.45. The quantitative estimate of drug-likeness (QED) is 0.236. The third kappa shape index (κ3) is 45.7. The Morgan fingerprint density at radius 2 is 1.23 bits per heavy atom. The van der Waals surface area contributed by atoms with Crippen molar-refractivity contribution < 1.29 is 76.4 Å². The number of ether oxygens (including phenoxy) is 1. The molecular weight excluding hydrogens is 504 g/mol. The molecule has 1 fully saturated rings. The standard InChI is InChI=1S/C9H13O3.C3H8S.6CO.2Fe/c1-6-3-7(11)4-9(12-2)8(6)5-10;1-2-3-4;6*1-2;;/h6,8-9H,3-4H2,1-2H3;4H,2-3H2,1H3;;;;;;;;/q-1;;;;;;;;;/p-1/t6-,8+,9+;;;;;;;;;/m1........./s1. The van der Waals surface area contributed by atoms with Crippen molar-refractivity contribution in [3.63, 3.8) is 0 Å². The zero-order valence-electron chi connectivity index (χ0n) is 16.4. The van der Waals surface area contributed by atoms with Crippen LogP contribution in [0.25, 0.3) is 0 Å². The van der Waals surface area contributed by atoms with Crippen LogP contribution in [0.1, 0.15) is 33.1 Å². The minimum Gasteiger partial charge on any atom is 0 e. The van der Waals surface area contributed by atoms with Crippen molar-refractivity contribution in [1.82, 2.24) is 0 Å². The Morgan fingerprint density at radius 1 is 0.933 bits per heavy atom. The number of hydrogen-bond donors (Lipinski definition) is 0. The molecule has 30 heavy (non-hydrogen) atoms. The molecule has 1 aliphatic carbocycles. The predicted molar refractivity (Wildman–Crippen MR) is 89.5 cm³/mol. The molecule has 0 aliphatic heterocycles. The van der Waals surface area contributed by atoms with Gasteiger partial charge in [0.1, 0.15) is 5.78 Å². The Labute approximate surface area is 204 Å². The van der Waals surface area contributed by atoms with Crippen molar-refractivity contribution in [1.29, 1.82) is 0 Å². The van der Waals surface area contributed by atoms with Gasteiger partial charge in [-0.1, -0.05) is 26.2 Å². The molecule has 0 aromatic heterocycles. The van der Waals surface area contributed by atoms with E-state index in [0.29, 0.717) is 12.8 Å². The van der Waals surface area contributed by atoms with E-state index in [-0.39, 0.29) is 57.9 Å². The van der Waals surface area contributed by atoms with E-state index in [4.69, 9.17) is 32.6 Å². The van der Waals surface area contributed by atoms with Crippen molar-refractivity contribution in [3.05, 3.63) is 39.9 Å². The van der Waals surface area contributed by atoms with E-state index in [1.54, 1.807) is 0 Å². The largest absolute Gasteiger partial charge is 0 e. The first kappa shape index (κ1) is 56.9. The third-order valence-electron chi connectivity index (χ3n) is 2.64. The maximum Gasteiger partial charge on any atom is 0 e. The molecule has 0 aromatic rings. The summed E-state index contributed by atoms with van der Waals surface area (Å²) in [6, 6.07) is 0. The fourth-order valence-electron chi connectivity index (χ4n) is 1.71. The van der Waals surface area contributed by atoms with E-state index in [9.17, 15) is 9.59 Å². The van der Waals surface area contributed by atoms with Crippen LogP contribution in [0.5, 0.6) is 0 Å². The predicted octanol–water partition coefficient (Wildman–Crippen LogP) is 1.44. The van der Waals surface area contributed by atoms with Gasteiger partial charge in [0.25, 0.3) is 0 Å². The maximum absolute atomic E-state index is 11.1. The van der Waals surface area contributed by atoms with E-state index in [1.165, 1.54) is 7.11 Å². The zero-order chi connectivity index (χ0) is 24.6. The van der Waals surface area contributed by atoms with Crippen LogP contribution in [0.3, 0.4) is 0 Å². The summed E-state index contributed by atoms with van der Waals surface area (Å²) >= 11 is 4.55. The Bertz CT molecular complexity index is 398. The first-order chi connectivity index (χ1) is 13.6. The Kier molecular flexibility index (Phi) is 134. The van der Waals surface area contributed by atoms with Gasteiger partial charge < -0.3 is 22.2 Å². The SMILES string of the molecule is CCC[S-].CO[C@H]1CC(=O)C[C@@H](C)[C@@H]1[C-]=O.[C-]#[O+].[C-]#[O+].[C-]#[O+].[C-]#[O+].[C-]#[O+].[C-]#[O+].[Fe].[Fe]. The van der Waals surface area contributed by atoms with Gasteiger partial charge in [-0.2, -0.15) is 5.75 Å². The molecule has 9 nitrogen and oxygen atoms in total. The van der Waals surface area contributed by atoms with E-state index in [0.717, 1.165) is 12.2 Å². The minimum atomic E-state index is -0.251. The maximum atomic E-state index is 11.1.